The van der Waals surface area contributed by atoms with E-state index in [2.05, 4.69) is 19.1 Å². The minimum Gasteiger partial charge on any atom is -0.406 e. The quantitative estimate of drug-likeness (QED) is 0.782. The highest BCUT2D eigenvalue weighted by molar-refractivity contribution is 5.36. The van der Waals surface area contributed by atoms with Crippen LogP contribution in [-0.2, 0) is 4.74 Å². The highest BCUT2D eigenvalue weighted by Gasteiger charge is 2.19. The highest BCUT2D eigenvalue weighted by Crippen LogP contribution is 2.31. The van der Waals surface area contributed by atoms with Gasteiger partial charge in [0.15, 0.2) is 5.75 Å². The molecular formula is C13H19NO2. The van der Waals surface area contributed by atoms with Crippen molar-refractivity contribution < 1.29 is 9.57 Å². The van der Waals surface area contributed by atoms with E-state index in [0.717, 1.165) is 25.3 Å². The average molecular weight is 221 g/mol. The molecule has 3 nitrogen and oxygen atoms in total. The molecular weight excluding hydrogens is 202 g/mol. The predicted octanol–water partition coefficient (Wildman–Crippen LogP) is 2.44. The Labute approximate surface area is 96.9 Å². The molecule has 0 amide bonds. The minimum atomic E-state index is 0.559. The maximum absolute atomic E-state index is 5.88. The zero-order valence-electron chi connectivity index (χ0n) is 9.98. The summed E-state index contributed by atoms with van der Waals surface area (Å²) in [6.07, 6.45) is 1.13. The van der Waals surface area contributed by atoms with Gasteiger partial charge in [0.1, 0.15) is 0 Å². The normalized spacial score (nSPS) is 21.0. The van der Waals surface area contributed by atoms with E-state index in [9.17, 15) is 0 Å². The highest BCUT2D eigenvalue weighted by atomic mass is 16.7. The molecule has 0 saturated carbocycles. The lowest BCUT2D eigenvalue weighted by Crippen LogP contribution is -2.31. The zero-order chi connectivity index (χ0) is 11.4. The van der Waals surface area contributed by atoms with Gasteiger partial charge >= 0.3 is 0 Å². The van der Waals surface area contributed by atoms with Crippen molar-refractivity contribution in [1.29, 1.82) is 0 Å². The van der Waals surface area contributed by atoms with Crippen molar-refractivity contribution in [2.75, 3.05) is 26.8 Å². The Bertz CT molecular complexity index is 340. The largest absolute Gasteiger partial charge is 0.406 e. The number of ether oxygens (including phenoxy) is 1. The van der Waals surface area contributed by atoms with Gasteiger partial charge in [-0.3, -0.25) is 0 Å². The third-order valence-electron chi connectivity index (χ3n) is 3.03. The number of para-hydroxylation sites is 1. The van der Waals surface area contributed by atoms with Gasteiger partial charge in [-0.1, -0.05) is 25.1 Å². The number of benzene rings is 1. The summed E-state index contributed by atoms with van der Waals surface area (Å²) in [5.41, 5.74) is 1.31. The second-order valence-electron chi connectivity index (χ2n) is 4.24. The SMILES string of the molecule is COCCN1CCC(C)c2ccccc2O1. The fourth-order valence-corrected chi connectivity index (χ4v) is 2.00. The number of hydroxylamine groups is 2. The van der Waals surface area contributed by atoms with E-state index in [1.54, 1.807) is 7.11 Å². The fourth-order valence-electron chi connectivity index (χ4n) is 2.00. The molecule has 1 aliphatic heterocycles. The van der Waals surface area contributed by atoms with E-state index >= 15 is 0 Å². The van der Waals surface area contributed by atoms with Crippen molar-refractivity contribution in [3.8, 4) is 5.75 Å². The van der Waals surface area contributed by atoms with E-state index in [4.69, 9.17) is 9.57 Å². The third kappa shape index (κ3) is 2.54. The molecule has 1 aliphatic rings. The van der Waals surface area contributed by atoms with Crippen LogP contribution in [0.25, 0.3) is 0 Å². The lowest BCUT2D eigenvalue weighted by Gasteiger charge is -2.19. The average Bonchev–Trinajstić information content (AvgIpc) is 2.47. The first kappa shape index (κ1) is 11.4. The Morgan fingerprint density at radius 2 is 2.25 bits per heavy atom. The van der Waals surface area contributed by atoms with Crippen LogP contribution in [0.1, 0.15) is 24.8 Å². The van der Waals surface area contributed by atoms with Crippen molar-refractivity contribution in [2.45, 2.75) is 19.3 Å². The molecule has 16 heavy (non-hydrogen) atoms. The molecule has 3 heteroatoms. The van der Waals surface area contributed by atoms with Gasteiger partial charge in [-0.05, 0) is 24.0 Å². The van der Waals surface area contributed by atoms with Crippen LogP contribution in [0.2, 0.25) is 0 Å². The molecule has 0 radical (unpaired) electrons. The summed E-state index contributed by atoms with van der Waals surface area (Å²) in [4.78, 5) is 5.88. The van der Waals surface area contributed by atoms with Gasteiger partial charge < -0.3 is 9.57 Å². The van der Waals surface area contributed by atoms with Gasteiger partial charge in [0, 0.05) is 13.7 Å². The van der Waals surface area contributed by atoms with E-state index in [1.165, 1.54) is 5.56 Å². The van der Waals surface area contributed by atoms with Gasteiger partial charge in [0.2, 0.25) is 0 Å². The summed E-state index contributed by atoms with van der Waals surface area (Å²) in [6.45, 7) is 4.73. The number of methoxy groups -OCH3 is 1. The Morgan fingerprint density at radius 3 is 3.06 bits per heavy atom. The smallest absolute Gasteiger partial charge is 0.150 e. The van der Waals surface area contributed by atoms with Crippen LogP contribution >= 0.6 is 0 Å². The molecule has 1 unspecified atom stereocenters. The molecule has 0 aliphatic carbocycles. The second-order valence-corrected chi connectivity index (χ2v) is 4.24. The van der Waals surface area contributed by atoms with Crippen molar-refractivity contribution in [2.24, 2.45) is 0 Å². The number of rotatable bonds is 3. The van der Waals surface area contributed by atoms with Crippen LogP contribution in [-0.4, -0.2) is 31.9 Å². The molecule has 1 heterocycles. The molecule has 0 spiro atoms. The fraction of sp³-hybridized carbons (Fsp3) is 0.538. The van der Waals surface area contributed by atoms with Gasteiger partial charge in [-0.2, -0.15) is 0 Å². The lowest BCUT2D eigenvalue weighted by molar-refractivity contribution is -0.0682. The first-order chi connectivity index (χ1) is 7.81. The van der Waals surface area contributed by atoms with Crippen molar-refractivity contribution in [3.63, 3.8) is 0 Å². The lowest BCUT2D eigenvalue weighted by atomic mass is 9.97. The summed E-state index contributed by atoms with van der Waals surface area (Å²) >= 11 is 0. The molecule has 0 fully saturated rings. The Hall–Kier alpha value is -1.06. The Balaban J connectivity index is 2.11. The minimum absolute atomic E-state index is 0.559. The first-order valence-corrected chi connectivity index (χ1v) is 5.82. The molecule has 0 N–H and O–H groups in total. The second kappa shape index (κ2) is 5.32. The molecule has 1 aromatic rings. The van der Waals surface area contributed by atoms with Gasteiger partial charge in [0.25, 0.3) is 0 Å². The summed E-state index contributed by atoms with van der Waals surface area (Å²) in [6, 6.07) is 8.28. The number of hydrogen-bond donors (Lipinski definition) is 0. The number of nitrogens with zero attached hydrogens (tertiary/aromatic N) is 1. The molecule has 88 valence electrons. The molecule has 1 aromatic carbocycles. The number of fused-ring (bicyclic) bond motifs is 1. The topological polar surface area (TPSA) is 21.7 Å². The maximum Gasteiger partial charge on any atom is 0.150 e. The standard InChI is InChI=1S/C13H19NO2/c1-11-7-8-14(9-10-15-2)16-13-6-4-3-5-12(11)13/h3-6,11H,7-10H2,1-2H3. The van der Waals surface area contributed by atoms with Gasteiger partial charge in [-0.25, -0.2) is 0 Å². The third-order valence-corrected chi connectivity index (χ3v) is 3.03. The molecule has 0 saturated heterocycles. The maximum atomic E-state index is 5.88. The van der Waals surface area contributed by atoms with E-state index in [-0.39, 0.29) is 0 Å². The molecule has 0 bridgehead atoms. The summed E-state index contributed by atoms with van der Waals surface area (Å²) in [7, 11) is 1.72. The predicted molar refractivity (Wildman–Crippen MR) is 63.6 cm³/mol. The van der Waals surface area contributed by atoms with Crippen molar-refractivity contribution in [1.82, 2.24) is 5.06 Å². The summed E-state index contributed by atoms with van der Waals surface area (Å²) in [5, 5.41) is 1.99. The monoisotopic (exact) mass is 221 g/mol. The molecule has 0 aromatic heterocycles. The first-order valence-electron chi connectivity index (χ1n) is 5.82. The van der Waals surface area contributed by atoms with E-state index < -0.39 is 0 Å². The zero-order valence-corrected chi connectivity index (χ0v) is 9.98. The van der Waals surface area contributed by atoms with Crippen LogP contribution in [0.5, 0.6) is 5.75 Å². The molecule has 1 atom stereocenters. The van der Waals surface area contributed by atoms with E-state index in [1.807, 2.05) is 17.2 Å². The Kier molecular flexibility index (Phi) is 3.80. The van der Waals surface area contributed by atoms with Crippen molar-refractivity contribution in [3.05, 3.63) is 29.8 Å². The summed E-state index contributed by atoms with van der Waals surface area (Å²) in [5.74, 6) is 1.55. The van der Waals surface area contributed by atoms with Crippen LogP contribution in [0.15, 0.2) is 24.3 Å². The summed E-state index contributed by atoms with van der Waals surface area (Å²) < 4.78 is 5.08. The van der Waals surface area contributed by atoms with Crippen LogP contribution < -0.4 is 4.84 Å². The van der Waals surface area contributed by atoms with Crippen LogP contribution in [0.3, 0.4) is 0 Å². The van der Waals surface area contributed by atoms with Crippen LogP contribution in [0, 0.1) is 0 Å². The van der Waals surface area contributed by atoms with Gasteiger partial charge in [-0.15, -0.1) is 5.06 Å². The Morgan fingerprint density at radius 1 is 1.44 bits per heavy atom. The number of hydrogen-bond acceptors (Lipinski definition) is 3. The van der Waals surface area contributed by atoms with Crippen molar-refractivity contribution >= 4 is 0 Å². The van der Waals surface area contributed by atoms with Gasteiger partial charge in [0.05, 0.1) is 13.2 Å². The van der Waals surface area contributed by atoms with E-state index in [0.29, 0.717) is 12.5 Å². The van der Waals surface area contributed by atoms with Crippen LogP contribution in [0.4, 0.5) is 0 Å². The molecule has 2 rings (SSSR count).